The summed E-state index contributed by atoms with van der Waals surface area (Å²) in [4.78, 5) is 27.0. The maximum atomic E-state index is 11.7. The molecule has 1 unspecified atom stereocenters. The zero-order valence-electron chi connectivity index (χ0n) is 13.5. The first-order valence-corrected chi connectivity index (χ1v) is 7.72. The van der Waals surface area contributed by atoms with Crippen LogP contribution < -0.4 is 4.90 Å². The molecular weight excluding hydrogens is 280 g/mol. The van der Waals surface area contributed by atoms with Crippen molar-refractivity contribution in [2.45, 2.75) is 46.5 Å². The molecule has 120 valence electrons. The number of unbranched alkanes of at least 4 members (excludes halogenated alkanes) is 1. The Morgan fingerprint density at radius 1 is 1.41 bits per heavy atom. The van der Waals surface area contributed by atoms with Gasteiger partial charge >= 0.3 is 6.09 Å². The van der Waals surface area contributed by atoms with Gasteiger partial charge in [-0.25, -0.2) is 9.59 Å². The van der Waals surface area contributed by atoms with Gasteiger partial charge in [0.1, 0.15) is 0 Å². The van der Waals surface area contributed by atoms with E-state index >= 15 is 0 Å². The predicted octanol–water partition coefficient (Wildman–Crippen LogP) is 4.66. The first kappa shape index (κ1) is 17.9. The number of carbonyl (C=O) groups is 1. The van der Waals surface area contributed by atoms with Crippen molar-refractivity contribution in [3.8, 4) is 0 Å². The Hall–Kier alpha value is -2.13. The van der Waals surface area contributed by atoms with Crippen LogP contribution in [0.4, 0.5) is 16.2 Å². The molecule has 1 N–H and O–H groups in total. The minimum atomic E-state index is -0.981. The van der Waals surface area contributed by atoms with Crippen molar-refractivity contribution < 1.29 is 14.7 Å². The summed E-state index contributed by atoms with van der Waals surface area (Å²) in [6, 6.07) is 5.08. The lowest BCUT2D eigenvalue weighted by atomic mass is 9.98. The van der Waals surface area contributed by atoms with Crippen molar-refractivity contribution in [1.29, 1.82) is 0 Å². The average molecular weight is 304 g/mol. The number of hydrogen-bond donors (Lipinski definition) is 1. The Morgan fingerprint density at radius 2 is 2.14 bits per heavy atom. The van der Waals surface area contributed by atoms with Crippen LogP contribution >= 0.6 is 0 Å². The van der Waals surface area contributed by atoms with Crippen LogP contribution in [0.1, 0.15) is 45.1 Å². The summed E-state index contributed by atoms with van der Waals surface area (Å²) in [5.74, 6) is 0.327. The van der Waals surface area contributed by atoms with Crippen LogP contribution in [0.2, 0.25) is 0 Å². The molecule has 0 radical (unpaired) electrons. The number of amides is 1. The number of isocyanates is 1. The number of hydrogen-bond acceptors (Lipinski definition) is 3. The molecule has 1 rings (SSSR count). The Morgan fingerprint density at radius 3 is 2.68 bits per heavy atom. The lowest BCUT2D eigenvalue weighted by Crippen LogP contribution is -2.34. The van der Waals surface area contributed by atoms with Gasteiger partial charge in [0.05, 0.1) is 11.4 Å². The summed E-state index contributed by atoms with van der Waals surface area (Å²) >= 11 is 0. The van der Waals surface area contributed by atoms with Crippen molar-refractivity contribution >= 4 is 23.5 Å². The summed E-state index contributed by atoms with van der Waals surface area (Å²) in [7, 11) is 0. The molecule has 0 saturated heterocycles. The second kappa shape index (κ2) is 9.00. The van der Waals surface area contributed by atoms with Gasteiger partial charge in [0.15, 0.2) is 0 Å². The number of carbonyl (C=O) groups excluding carboxylic acids is 1. The zero-order valence-corrected chi connectivity index (χ0v) is 13.5. The van der Waals surface area contributed by atoms with Gasteiger partial charge in [0.25, 0.3) is 0 Å². The van der Waals surface area contributed by atoms with Crippen LogP contribution in [0, 0.1) is 12.8 Å². The molecule has 0 aliphatic rings. The average Bonchev–Trinajstić information content (AvgIpc) is 2.50. The van der Waals surface area contributed by atoms with Gasteiger partial charge in [-0.3, -0.25) is 4.90 Å². The second-order valence-electron chi connectivity index (χ2n) is 5.48. The molecular formula is C17H24N2O3. The molecule has 1 aromatic carbocycles. The number of carboxylic acid groups (broad SMARTS) is 1. The third-order valence-corrected chi connectivity index (χ3v) is 3.87. The molecule has 0 bridgehead atoms. The maximum Gasteiger partial charge on any atom is 0.411 e. The highest BCUT2D eigenvalue weighted by Crippen LogP contribution is 2.28. The fourth-order valence-corrected chi connectivity index (χ4v) is 2.47. The Kier molecular flexibility index (Phi) is 7.33. The first-order valence-electron chi connectivity index (χ1n) is 7.72. The van der Waals surface area contributed by atoms with E-state index in [4.69, 9.17) is 0 Å². The molecule has 0 saturated carbocycles. The van der Waals surface area contributed by atoms with Gasteiger partial charge in [-0.05, 0) is 37.0 Å². The lowest BCUT2D eigenvalue weighted by Gasteiger charge is -2.26. The number of aryl methyl sites for hydroxylation is 1. The van der Waals surface area contributed by atoms with Crippen LogP contribution in [-0.4, -0.2) is 23.8 Å². The Bertz CT molecular complexity index is 551. The third kappa shape index (κ3) is 5.01. The standard InChI is InChI=1S/C17H24N2O3/c1-4-6-7-14(5-2)11-19(17(21)22)16-10-15(18-12-20)9-8-13(16)3/h8-10,14H,4-7,11H2,1-3H3,(H,21,22). The van der Waals surface area contributed by atoms with Crippen molar-refractivity contribution in [2.75, 3.05) is 11.4 Å². The van der Waals surface area contributed by atoms with E-state index in [0.29, 0.717) is 23.8 Å². The molecule has 1 amide bonds. The molecule has 0 aliphatic carbocycles. The number of rotatable bonds is 8. The van der Waals surface area contributed by atoms with Gasteiger partial charge in [-0.2, -0.15) is 4.99 Å². The topological polar surface area (TPSA) is 70.0 Å². The van der Waals surface area contributed by atoms with Crippen molar-refractivity contribution in [3.05, 3.63) is 23.8 Å². The molecule has 1 aromatic rings. The van der Waals surface area contributed by atoms with Gasteiger partial charge in [-0.1, -0.05) is 39.2 Å². The largest absolute Gasteiger partial charge is 0.465 e. The molecule has 22 heavy (non-hydrogen) atoms. The summed E-state index contributed by atoms with van der Waals surface area (Å²) in [5.41, 5.74) is 1.85. The van der Waals surface area contributed by atoms with Crippen molar-refractivity contribution in [1.82, 2.24) is 0 Å². The van der Waals surface area contributed by atoms with E-state index < -0.39 is 6.09 Å². The van der Waals surface area contributed by atoms with Crippen LogP contribution in [0.25, 0.3) is 0 Å². The minimum Gasteiger partial charge on any atom is -0.465 e. The van der Waals surface area contributed by atoms with Gasteiger partial charge < -0.3 is 5.11 Å². The number of benzene rings is 1. The third-order valence-electron chi connectivity index (χ3n) is 3.87. The number of anilines is 1. The SMILES string of the molecule is CCCCC(CC)CN(C(=O)O)c1cc(N=C=O)ccc1C. The van der Waals surface area contributed by atoms with E-state index in [1.54, 1.807) is 18.2 Å². The van der Waals surface area contributed by atoms with Crippen LogP contribution in [-0.2, 0) is 4.79 Å². The van der Waals surface area contributed by atoms with Crippen molar-refractivity contribution in [2.24, 2.45) is 10.9 Å². The van der Waals surface area contributed by atoms with Crippen LogP contribution in [0.15, 0.2) is 23.2 Å². The highest BCUT2D eigenvalue weighted by Gasteiger charge is 2.20. The van der Waals surface area contributed by atoms with Crippen LogP contribution in [0.5, 0.6) is 0 Å². The van der Waals surface area contributed by atoms with E-state index in [0.717, 1.165) is 31.2 Å². The molecule has 0 aliphatic heterocycles. The summed E-state index contributed by atoms with van der Waals surface area (Å²) in [6.07, 6.45) is 4.66. The lowest BCUT2D eigenvalue weighted by molar-refractivity contribution is 0.200. The molecule has 0 fully saturated rings. The van der Waals surface area contributed by atoms with Crippen molar-refractivity contribution in [3.63, 3.8) is 0 Å². The fourth-order valence-electron chi connectivity index (χ4n) is 2.47. The molecule has 0 heterocycles. The number of nitrogens with zero attached hydrogens (tertiary/aromatic N) is 2. The molecule has 5 nitrogen and oxygen atoms in total. The van der Waals surface area contributed by atoms with Crippen LogP contribution in [0.3, 0.4) is 0 Å². The first-order chi connectivity index (χ1) is 10.5. The second-order valence-corrected chi connectivity index (χ2v) is 5.48. The van der Waals surface area contributed by atoms with Gasteiger partial charge in [-0.15, -0.1) is 0 Å². The summed E-state index contributed by atoms with van der Waals surface area (Å²) in [6.45, 7) is 6.53. The molecule has 1 atom stereocenters. The summed E-state index contributed by atoms with van der Waals surface area (Å²) < 4.78 is 0. The minimum absolute atomic E-state index is 0.327. The number of aliphatic imine (C=N–C) groups is 1. The maximum absolute atomic E-state index is 11.7. The Balaban J connectivity index is 3.06. The predicted molar refractivity (Wildman–Crippen MR) is 87.6 cm³/mol. The van der Waals surface area contributed by atoms with E-state index in [1.165, 1.54) is 11.0 Å². The smallest absolute Gasteiger partial charge is 0.411 e. The normalized spacial score (nSPS) is 11.6. The van der Waals surface area contributed by atoms with E-state index in [2.05, 4.69) is 18.8 Å². The van der Waals surface area contributed by atoms with Gasteiger partial charge in [0, 0.05) is 6.54 Å². The molecule has 5 heteroatoms. The Labute approximate surface area is 131 Å². The zero-order chi connectivity index (χ0) is 16.5. The molecule has 0 aromatic heterocycles. The monoisotopic (exact) mass is 304 g/mol. The quantitative estimate of drug-likeness (QED) is 0.560. The van der Waals surface area contributed by atoms with Gasteiger partial charge in [0.2, 0.25) is 6.08 Å². The van der Waals surface area contributed by atoms with E-state index in [9.17, 15) is 14.7 Å². The fraction of sp³-hybridized carbons (Fsp3) is 0.529. The molecule has 0 spiro atoms. The summed E-state index contributed by atoms with van der Waals surface area (Å²) in [5, 5.41) is 9.56. The van der Waals surface area contributed by atoms with E-state index in [1.807, 2.05) is 6.92 Å². The highest BCUT2D eigenvalue weighted by molar-refractivity contribution is 5.88. The highest BCUT2D eigenvalue weighted by atomic mass is 16.4. The van der Waals surface area contributed by atoms with E-state index in [-0.39, 0.29) is 0 Å².